The van der Waals surface area contributed by atoms with Crippen molar-refractivity contribution in [3.63, 3.8) is 0 Å². The average Bonchev–Trinajstić information content (AvgIpc) is 2.68. The molecule has 2 N–H and O–H groups in total. The van der Waals surface area contributed by atoms with E-state index in [1.807, 2.05) is 0 Å². The fourth-order valence-electron chi connectivity index (χ4n) is 2.32. The van der Waals surface area contributed by atoms with E-state index in [0.717, 1.165) is 0 Å². The zero-order valence-corrected chi connectivity index (χ0v) is 10.8. The number of esters is 1. The summed E-state index contributed by atoms with van der Waals surface area (Å²) < 4.78 is 10.7. The molecule has 0 aliphatic carbocycles. The van der Waals surface area contributed by atoms with E-state index in [0.29, 0.717) is 13.0 Å². The van der Waals surface area contributed by atoms with Crippen molar-refractivity contribution in [3.05, 3.63) is 0 Å². The monoisotopic (exact) mass is 262 g/mol. The molecule has 5 nitrogen and oxygen atoms in total. The van der Waals surface area contributed by atoms with Gasteiger partial charge in [0.2, 0.25) is 4.93 Å². The molecular weight excluding hydrogens is 244 g/mol. The minimum Gasteiger partial charge on any atom is -0.460 e. The molecule has 2 saturated heterocycles. The Morgan fingerprint density at radius 3 is 2.88 bits per heavy atom. The van der Waals surface area contributed by atoms with Crippen LogP contribution in [0.1, 0.15) is 20.3 Å². The fourth-order valence-corrected chi connectivity index (χ4v) is 3.74. The molecule has 0 aromatic rings. The maximum Gasteiger partial charge on any atom is 0.349 e. The molecule has 4 atom stereocenters. The standard InChI is InChI=1S/C11H18O5S/c1-6(2)16-10(14)11-7(3-4-15-11)9(13)8(12)5-17-11/h6-9,12-13H,3-5H2,1-2H3/t7-,8+,9-,11-/m1/s1. The van der Waals surface area contributed by atoms with Gasteiger partial charge in [0.1, 0.15) is 0 Å². The molecule has 98 valence electrons. The number of rotatable bonds is 2. The third kappa shape index (κ3) is 2.19. The van der Waals surface area contributed by atoms with Crippen molar-refractivity contribution in [1.29, 1.82) is 0 Å². The summed E-state index contributed by atoms with van der Waals surface area (Å²) in [5.41, 5.74) is 0. The second-order valence-corrected chi connectivity index (χ2v) is 5.96. The summed E-state index contributed by atoms with van der Waals surface area (Å²) in [4.78, 5) is 11.0. The van der Waals surface area contributed by atoms with Gasteiger partial charge in [-0.1, -0.05) is 0 Å². The highest BCUT2D eigenvalue weighted by Crippen LogP contribution is 2.48. The summed E-state index contributed by atoms with van der Waals surface area (Å²) in [7, 11) is 0. The van der Waals surface area contributed by atoms with Gasteiger partial charge in [-0.2, -0.15) is 0 Å². The Morgan fingerprint density at radius 2 is 2.24 bits per heavy atom. The van der Waals surface area contributed by atoms with Crippen LogP contribution in [0.25, 0.3) is 0 Å². The zero-order valence-electron chi connectivity index (χ0n) is 9.96. The van der Waals surface area contributed by atoms with Crippen LogP contribution in [0, 0.1) is 5.92 Å². The molecule has 0 radical (unpaired) electrons. The molecule has 0 aromatic heterocycles. The molecule has 2 rings (SSSR count). The molecule has 2 aliphatic rings. The van der Waals surface area contributed by atoms with Gasteiger partial charge in [0.15, 0.2) is 0 Å². The van der Waals surface area contributed by atoms with Gasteiger partial charge in [-0.3, -0.25) is 0 Å². The lowest BCUT2D eigenvalue weighted by Crippen LogP contribution is -2.55. The van der Waals surface area contributed by atoms with Crippen LogP contribution >= 0.6 is 11.8 Å². The first-order valence-electron chi connectivity index (χ1n) is 5.82. The van der Waals surface area contributed by atoms with Crippen LogP contribution < -0.4 is 0 Å². The summed E-state index contributed by atoms with van der Waals surface area (Å²) in [5, 5.41) is 19.6. The number of aliphatic hydroxyl groups excluding tert-OH is 2. The SMILES string of the molecule is CC(C)OC(=O)[C@@]12OCC[C@@H]1[C@@H](O)[C@@H](O)CS2. The van der Waals surface area contributed by atoms with E-state index >= 15 is 0 Å². The Kier molecular flexibility index (Phi) is 3.68. The Labute approximate surface area is 104 Å². The molecule has 0 amide bonds. The maximum atomic E-state index is 12.1. The lowest BCUT2D eigenvalue weighted by Gasteiger charge is -2.40. The minimum atomic E-state index is -1.12. The molecule has 2 heterocycles. The minimum absolute atomic E-state index is 0.216. The third-order valence-corrected chi connectivity index (χ3v) is 4.66. The number of thioether (sulfide) groups is 1. The predicted molar refractivity (Wildman–Crippen MR) is 62.5 cm³/mol. The van der Waals surface area contributed by atoms with E-state index in [1.165, 1.54) is 11.8 Å². The highest BCUT2D eigenvalue weighted by Gasteiger charge is 2.59. The fraction of sp³-hybridized carbons (Fsp3) is 0.909. The molecule has 0 unspecified atom stereocenters. The number of hydrogen-bond donors (Lipinski definition) is 2. The van der Waals surface area contributed by atoms with Crippen molar-refractivity contribution in [2.45, 2.75) is 43.5 Å². The smallest absolute Gasteiger partial charge is 0.349 e. The van der Waals surface area contributed by atoms with Crippen molar-refractivity contribution in [2.75, 3.05) is 12.4 Å². The van der Waals surface area contributed by atoms with Gasteiger partial charge in [0.05, 0.1) is 18.3 Å². The van der Waals surface area contributed by atoms with E-state index in [-0.39, 0.29) is 17.8 Å². The predicted octanol–water partition coefficient (Wildman–Crippen LogP) is 0.139. The van der Waals surface area contributed by atoms with Crippen LogP contribution in [-0.4, -0.2) is 51.8 Å². The van der Waals surface area contributed by atoms with Crippen molar-refractivity contribution >= 4 is 17.7 Å². The Balaban J connectivity index is 2.19. The quantitative estimate of drug-likeness (QED) is 0.689. The summed E-state index contributed by atoms with van der Waals surface area (Å²) in [5.74, 6) is -0.543. The highest BCUT2D eigenvalue weighted by atomic mass is 32.2. The summed E-state index contributed by atoms with van der Waals surface area (Å²) in [6.45, 7) is 3.96. The molecule has 6 heteroatoms. The van der Waals surface area contributed by atoms with Gasteiger partial charge < -0.3 is 19.7 Å². The number of carbonyl (C=O) groups is 1. The summed E-state index contributed by atoms with van der Waals surface area (Å²) >= 11 is 1.24. The molecule has 0 aromatic carbocycles. The van der Waals surface area contributed by atoms with Gasteiger partial charge in [0, 0.05) is 18.3 Å². The Hall–Kier alpha value is -0.300. The maximum absolute atomic E-state index is 12.1. The van der Waals surface area contributed by atoms with Crippen molar-refractivity contribution in [1.82, 2.24) is 0 Å². The molecule has 2 aliphatic heterocycles. The number of aliphatic hydroxyl groups is 2. The van der Waals surface area contributed by atoms with E-state index < -0.39 is 23.1 Å². The van der Waals surface area contributed by atoms with Crippen molar-refractivity contribution < 1.29 is 24.5 Å². The van der Waals surface area contributed by atoms with Gasteiger partial charge in [-0.15, -0.1) is 11.8 Å². The molecule has 0 spiro atoms. The van der Waals surface area contributed by atoms with Crippen LogP contribution in [0.5, 0.6) is 0 Å². The second-order valence-electron chi connectivity index (χ2n) is 4.73. The third-order valence-electron chi connectivity index (χ3n) is 3.14. The van der Waals surface area contributed by atoms with Crippen molar-refractivity contribution in [3.8, 4) is 0 Å². The average molecular weight is 262 g/mol. The first kappa shape index (κ1) is 13.1. The zero-order chi connectivity index (χ0) is 12.6. The molecule has 0 bridgehead atoms. The normalized spacial score (nSPS) is 41.4. The largest absolute Gasteiger partial charge is 0.460 e. The van der Waals surface area contributed by atoms with Gasteiger partial charge in [-0.25, -0.2) is 4.79 Å². The van der Waals surface area contributed by atoms with Crippen LogP contribution in [0.3, 0.4) is 0 Å². The molecular formula is C11H18O5S. The number of carbonyl (C=O) groups excluding carboxylic acids is 1. The molecule has 17 heavy (non-hydrogen) atoms. The topological polar surface area (TPSA) is 76.0 Å². The molecule has 2 fully saturated rings. The van der Waals surface area contributed by atoms with Crippen molar-refractivity contribution in [2.24, 2.45) is 5.92 Å². The van der Waals surface area contributed by atoms with Gasteiger partial charge in [0.25, 0.3) is 0 Å². The van der Waals surface area contributed by atoms with Crippen LogP contribution in [0.4, 0.5) is 0 Å². The van der Waals surface area contributed by atoms with E-state index in [2.05, 4.69) is 0 Å². The number of fused-ring (bicyclic) bond motifs is 1. The van der Waals surface area contributed by atoms with E-state index in [9.17, 15) is 15.0 Å². The number of hydrogen-bond acceptors (Lipinski definition) is 6. The van der Waals surface area contributed by atoms with E-state index in [4.69, 9.17) is 9.47 Å². The first-order chi connectivity index (χ1) is 7.97. The lowest BCUT2D eigenvalue weighted by atomic mass is 9.90. The van der Waals surface area contributed by atoms with E-state index in [1.54, 1.807) is 13.8 Å². The first-order valence-corrected chi connectivity index (χ1v) is 6.81. The van der Waals surface area contributed by atoms with Crippen LogP contribution in [0.2, 0.25) is 0 Å². The number of ether oxygens (including phenoxy) is 2. The van der Waals surface area contributed by atoms with Gasteiger partial charge >= 0.3 is 5.97 Å². The molecule has 0 saturated carbocycles. The highest BCUT2D eigenvalue weighted by molar-refractivity contribution is 8.01. The lowest BCUT2D eigenvalue weighted by molar-refractivity contribution is -0.168. The summed E-state index contributed by atoms with van der Waals surface area (Å²) in [6, 6.07) is 0. The van der Waals surface area contributed by atoms with Crippen LogP contribution in [-0.2, 0) is 14.3 Å². The van der Waals surface area contributed by atoms with Crippen LogP contribution in [0.15, 0.2) is 0 Å². The Morgan fingerprint density at radius 1 is 1.53 bits per heavy atom. The Bertz CT molecular complexity index is 308. The summed E-state index contributed by atoms with van der Waals surface area (Å²) in [6.07, 6.45) is -1.37. The second kappa shape index (κ2) is 4.76. The van der Waals surface area contributed by atoms with Gasteiger partial charge in [-0.05, 0) is 20.3 Å².